The van der Waals surface area contributed by atoms with E-state index >= 15 is 8.78 Å². The van der Waals surface area contributed by atoms with Crippen molar-refractivity contribution < 1.29 is 37.6 Å². The number of fused-ring (bicyclic) bond motifs is 2. The number of methoxy groups -OCH3 is 1. The van der Waals surface area contributed by atoms with Crippen molar-refractivity contribution in [3.8, 4) is 28.9 Å². The third-order valence-corrected chi connectivity index (χ3v) is 8.76. The number of nitrogens with zero attached hydrogens (tertiary/aromatic N) is 4. The zero-order valence-electron chi connectivity index (χ0n) is 27.4. The number of carbonyl (C=O) groups is 1. The minimum atomic E-state index is -1.01. The normalized spacial score (nSPS) is 19.0. The monoisotopic (exact) mass is 650 g/mol. The van der Waals surface area contributed by atoms with Crippen molar-refractivity contribution in [3.63, 3.8) is 0 Å². The summed E-state index contributed by atoms with van der Waals surface area (Å²) in [5.74, 6) is -0.454. The third-order valence-electron chi connectivity index (χ3n) is 8.76. The molecule has 47 heavy (non-hydrogen) atoms. The highest BCUT2D eigenvalue weighted by Gasteiger charge is 2.44. The van der Waals surface area contributed by atoms with Crippen LogP contribution in [0, 0.1) is 17.0 Å². The van der Waals surface area contributed by atoms with E-state index in [1.54, 1.807) is 25.1 Å². The van der Waals surface area contributed by atoms with Crippen molar-refractivity contribution in [1.82, 2.24) is 15.0 Å². The molecule has 2 aromatic heterocycles. The SMILES string of the molecule is CCc1c(F)ccc2cc(OCOC)cc(-c3nc(OC(C)C)c4c(N5CCC[C@@](C)(O)C5)nc(OCC5(C=O)CC5)nc4c3F)c12. The van der Waals surface area contributed by atoms with Crippen LogP contribution in [0.2, 0.25) is 0 Å². The lowest BCUT2D eigenvalue weighted by Gasteiger charge is -2.38. The molecule has 0 bridgehead atoms. The molecule has 1 saturated carbocycles. The van der Waals surface area contributed by atoms with Crippen LogP contribution in [-0.2, 0) is 16.0 Å². The van der Waals surface area contributed by atoms with Gasteiger partial charge in [-0.1, -0.05) is 13.0 Å². The van der Waals surface area contributed by atoms with E-state index in [9.17, 15) is 9.90 Å². The number of aldehydes is 1. The number of rotatable bonds is 12. The zero-order chi connectivity index (χ0) is 33.5. The molecule has 2 fully saturated rings. The van der Waals surface area contributed by atoms with E-state index in [1.165, 1.54) is 13.2 Å². The van der Waals surface area contributed by atoms with Crippen LogP contribution in [-0.4, -0.2) is 71.6 Å². The van der Waals surface area contributed by atoms with Gasteiger partial charge in [0.05, 0.1) is 17.1 Å². The van der Waals surface area contributed by atoms with E-state index in [-0.39, 0.29) is 54.5 Å². The molecule has 6 rings (SSSR count). The summed E-state index contributed by atoms with van der Waals surface area (Å²) in [6.45, 7) is 7.99. The Hall–Kier alpha value is -4.16. The molecular formula is C35H40F2N4O6. The van der Waals surface area contributed by atoms with Crippen LogP contribution in [0.3, 0.4) is 0 Å². The molecule has 250 valence electrons. The van der Waals surface area contributed by atoms with Crippen molar-refractivity contribution in [2.24, 2.45) is 5.41 Å². The largest absolute Gasteiger partial charge is 0.474 e. The molecule has 2 aliphatic rings. The number of aromatic nitrogens is 3. The predicted octanol–water partition coefficient (Wildman–Crippen LogP) is 6.16. The van der Waals surface area contributed by atoms with Gasteiger partial charge in [0.1, 0.15) is 46.9 Å². The van der Waals surface area contributed by atoms with Gasteiger partial charge < -0.3 is 33.7 Å². The second-order valence-electron chi connectivity index (χ2n) is 13.1. The molecular weight excluding hydrogens is 610 g/mol. The first-order chi connectivity index (χ1) is 22.5. The van der Waals surface area contributed by atoms with Crippen LogP contribution in [0.15, 0.2) is 24.3 Å². The van der Waals surface area contributed by atoms with Gasteiger partial charge in [0.2, 0.25) is 5.88 Å². The summed E-state index contributed by atoms with van der Waals surface area (Å²) in [7, 11) is 1.49. The molecule has 0 spiro atoms. The molecule has 4 aromatic rings. The van der Waals surface area contributed by atoms with Crippen molar-refractivity contribution in [3.05, 3.63) is 41.5 Å². The van der Waals surface area contributed by atoms with Crippen LogP contribution < -0.4 is 19.1 Å². The van der Waals surface area contributed by atoms with E-state index in [0.29, 0.717) is 72.1 Å². The number of benzene rings is 2. The summed E-state index contributed by atoms with van der Waals surface area (Å²) in [4.78, 5) is 27.6. The predicted molar refractivity (Wildman–Crippen MR) is 173 cm³/mol. The summed E-state index contributed by atoms with van der Waals surface area (Å²) in [5, 5.41) is 12.3. The van der Waals surface area contributed by atoms with E-state index in [1.807, 2.05) is 25.7 Å². The Morgan fingerprint density at radius 1 is 1.09 bits per heavy atom. The van der Waals surface area contributed by atoms with E-state index in [2.05, 4.69) is 4.98 Å². The maximum Gasteiger partial charge on any atom is 0.319 e. The first-order valence-corrected chi connectivity index (χ1v) is 16.0. The van der Waals surface area contributed by atoms with Crippen molar-refractivity contribution in [1.29, 1.82) is 0 Å². The Bertz CT molecular complexity index is 1830. The van der Waals surface area contributed by atoms with Crippen LogP contribution in [0.4, 0.5) is 14.6 Å². The fraction of sp³-hybridized carbons (Fsp3) is 0.486. The average molecular weight is 651 g/mol. The van der Waals surface area contributed by atoms with Crippen molar-refractivity contribution in [2.45, 2.75) is 71.5 Å². The molecule has 10 nitrogen and oxygen atoms in total. The molecule has 0 unspecified atom stereocenters. The quantitative estimate of drug-likeness (QED) is 0.141. The number of hydrogen-bond donors (Lipinski definition) is 1. The van der Waals surface area contributed by atoms with E-state index in [4.69, 9.17) is 28.9 Å². The summed E-state index contributed by atoms with van der Waals surface area (Å²) in [5.41, 5.74) is -1.16. The minimum absolute atomic E-state index is 0.0523. The molecule has 1 aliphatic carbocycles. The molecule has 2 aromatic carbocycles. The van der Waals surface area contributed by atoms with Gasteiger partial charge in [0.15, 0.2) is 12.6 Å². The summed E-state index contributed by atoms with van der Waals surface area (Å²) in [6, 6.07) is 6.24. The summed E-state index contributed by atoms with van der Waals surface area (Å²) in [6.07, 6.45) is 3.49. The first-order valence-electron chi connectivity index (χ1n) is 16.0. The topological polar surface area (TPSA) is 116 Å². The third kappa shape index (κ3) is 6.53. The number of piperidine rings is 1. The Kier molecular flexibility index (Phi) is 8.92. The molecule has 1 aliphatic heterocycles. The number of β-amino-alcohol motifs (C(OH)–C–C–N with tert-alkyl or cyclic N) is 1. The first kappa shape index (κ1) is 32.8. The van der Waals surface area contributed by atoms with Crippen LogP contribution >= 0.6 is 0 Å². The number of anilines is 1. The van der Waals surface area contributed by atoms with Gasteiger partial charge in [-0.2, -0.15) is 9.97 Å². The second kappa shape index (κ2) is 12.8. The number of carbonyl (C=O) groups excluding carboxylic acids is 1. The number of aryl methyl sites for hydroxylation is 1. The van der Waals surface area contributed by atoms with Gasteiger partial charge in [-0.3, -0.25) is 0 Å². The average Bonchev–Trinajstić information content (AvgIpc) is 3.83. The van der Waals surface area contributed by atoms with Gasteiger partial charge in [0.25, 0.3) is 0 Å². The Morgan fingerprint density at radius 3 is 2.53 bits per heavy atom. The van der Waals surface area contributed by atoms with Gasteiger partial charge in [-0.05, 0) is 87.4 Å². The maximum absolute atomic E-state index is 17.2. The lowest BCUT2D eigenvalue weighted by molar-refractivity contribution is -0.113. The summed E-state index contributed by atoms with van der Waals surface area (Å²) >= 11 is 0. The fourth-order valence-electron chi connectivity index (χ4n) is 6.18. The molecule has 1 N–H and O–H groups in total. The molecule has 3 heterocycles. The number of hydrogen-bond acceptors (Lipinski definition) is 10. The van der Waals surface area contributed by atoms with Crippen LogP contribution in [0.1, 0.15) is 58.9 Å². The number of ether oxygens (including phenoxy) is 4. The molecule has 12 heteroatoms. The molecule has 1 saturated heterocycles. The van der Waals surface area contributed by atoms with Gasteiger partial charge in [-0.15, -0.1) is 0 Å². The number of halogens is 2. The zero-order valence-corrected chi connectivity index (χ0v) is 27.4. The minimum Gasteiger partial charge on any atom is -0.474 e. The number of aliphatic hydroxyl groups is 1. The Balaban J connectivity index is 1.65. The Labute approximate surface area is 272 Å². The highest BCUT2D eigenvalue weighted by atomic mass is 19.1. The lowest BCUT2D eigenvalue weighted by atomic mass is 9.94. The second-order valence-corrected chi connectivity index (χ2v) is 13.1. The smallest absolute Gasteiger partial charge is 0.319 e. The highest BCUT2D eigenvalue weighted by Crippen LogP contribution is 2.45. The summed E-state index contributed by atoms with van der Waals surface area (Å²) < 4.78 is 55.5. The van der Waals surface area contributed by atoms with Crippen molar-refractivity contribution >= 4 is 33.8 Å². The van der Waals surface area contributed by atoms with Gasteiger partial charge >= 0.3 is 6.01 Å². The molecule has 1 atom stereocenters. The maximum atomic E-state index is 17.2. The van der Waals surface area contributed by atoms with Crippen molar-refractivity contribution in [2.75, 3.05) is 38.5 Å². The van der Waals surface area contributed by atoms with Crippen LogP contribution in [0.5, 0.6) is 17.6 Å². The standard InChI is InChI=1S/C35H40F2N4O6/c1-6-23-25(36)9-8-21-14-22(46-19-44-5)15-24(26(21)23)29-28(37)30-27(32(38-29)47-20(2)3)31(41-13-7-10-34(4,43)16-41)40-33(39-30)45-18-35(17-42)11-12-35/h8-9,14-15,17,20,43H,6-7,10-13,16,18-19H2,1-5H3/t34-/m1/s1. The van der Waals surface area contributed by atoms with Crippen LogP contribution in [0.25, 0.3) is 32.9 Å². The lowest BCUT2D eigenvalue weighted by Crippen LogP contribution is -2.46. The van der Waals surface area contributed by atoms with Gasteiger partial charge in [0, 0.05) is 25.8 Å². The molecule has 0 radical (unpaired) electrons. The fourth-order valence-corrected chi connectivity index (χ4v) is 6.18. The highest BCUT2D eigenvalue weighted by molar-refractivity contribution is 6.03. The Morgan fingerprint density at radius 2 is 1.87 bits per heavy atom. The van der Waals surface area contributed by atoms with Gasteiger partial charge in [-0.25, -0.2) is 13.8 Å². The number of pyridine rings is 1. The van der Waals surface area contributed by atoms with E-state index in [0.717, 1.165) is 6.29 Å². The van der Waals surface area contributed by atoms with E-state index < -0.39 is 22.7 Å². The molecule has 0 amide bonds.